The third kappa shape index (κ3) is 2.06. The van der Waals surface area contributed by atoms with Crippen molar-refractivity contribution < 1.29 is 9.59 Å². The van der Waals surface area contributed by atoms with Gasteiger partial charge in [0, 0.05) is 12.8 Å². The van der Waals surface area contributed by atoms with Gasteiger partial charge in [-0.15, -0.1) is 0 Å². The molecule has 2 amide bonds. The van der Waals surface area contributed by atoms with E-state index in [9.17, 15) is 9.59 Å². The molecular weight excluding hydrogens is 190 g/mol. The predicted molar refractivity (Wildman–Crippen MR) is 56.0 cm³/mol. The summed E-state index contributed by atoms with van der Waals surface area (Å²) >= 11 is 0. The predicted octanol–water partition coefficient (Wildman–Crippen LogP) is 1.64. The molecule has 0 saturated carbocycles. The van der Waals surface area contributed by atoms with E-state index in [4.69, 9.17) is 0 Å². The van der Waals surface area contributed by atoms with Gasteiger partial charge in [0.2, 0.25) is 11.8 Å². The van der Waals surface area contributed by atoms with Gasteiger partial charge in [0.25, 0.3) is 0 Å². The van der Waals surface area contributed by atoms with E-state index in [1.807, 2.05) is 31.2 Å². The minimum Gasteiger partial charge on any atom is -0.278 e. The van der Waals surface area contributed by atoms with Gasteiger partial charge in [-0.3, -0.25) is 14.5 Å². The first-order valence-electron chi connectivity index (χ1n) is 5.05. The molecule has 0 aromatic heterocycles. The van der Waals surface area contributed by atoms with Crippen LogP contribution in [0.3, 0.4) is 0 Å². The van der Waals surface area contributed by atoms with Crippen LogP contribution in [0.4, 0.5) is 0 Å². The van der Waals surface area contributed by atoms with E-state index < -0.39 is 0 Å². The number of rotatable bonds is 2. The zero-order valence-electron chi connectivity index (χ0n) is 8.69. The van der Waals surface area contributed by atoms with Gasteiger partial charge in [-0.1, -0.05) is 29.8 Å². The van der Waals surface area contributed by atoms with Gasteiger partial charge in [0.1, 0.15) is 0 Å². The smallest absolute Gasteiger partial charge is 0.229 e. The maximum Gasteiger partial charge on any atom is 0.229 e. The molecule has 1 aromatic carbocycles. The number of benzene rings is 1. The summed E-state index contributed by atoms with van der Waals surface area (Å²) in [7, 11) is 0. The second-order valence-corrected chi connectivity index (χ2v) is 3.86. The Bertz CT molecular complexity index is 396. The van der Waals surface area contributed by atoms with Crippen molar-refractivity contribution in [3.8, 4) is 0 Å². The number of imide groups is 1. The molecule has 0 unspecified atom stereocenters. The number of likely N-dealkylation sites (tertiary alicyclic amines) is 1. The summed E-state index contributed by atoms with van der Waals surface area (Å²) in [6, 6.07) is 7.87. The van der Waals surface area contributed by atoms with E-state index in [0.717, 1.165) is 11.1 Å². The molecule has 15 heavy (non-hydrogen) atoms. The van der Waals surface area contributed by atoms with Crippen LogP contribution in [0.5, 0.6) is 0 Å². The topological polar surface area (TPSA) is 37.4 Å². The Morgan fingerprint density at radius 2 is 1.87 bits per heavy atom. The first-order chi connectivity index (χ1) is 7.16. The number of hydrogen-bond donors (Lipinski definition) is 0. The summed E-state index contributed by atoms with van der Waals surface area (Å²) < 4.78 is 0. The van der Waals surface area contributed by atoms with Gasteiger partial charge < -0.3 is 0 Å². The summed E-state index contributed by atoms with van der Waals surface area (Å²) in [5.41, 5.74) is 2.16. The van der Waals surface area contributed by atoms with Crippen LogP contribution in [0.15, 0.2) is 24.3 Å². The van der Waals surface area contributed by atoms with Crippen molar-refractivity contribution in [2.45, 2.75) is 26.3 Å². The molecule has 0 spiro atoms. The highest BCUT2D eigenvalue weighted by Crippen LogP contribution is 2.16. The first kappa shape index (κ1) is 9.90. The van der Waals surface area contributed by atoms with Crippen LogP contribution in [0, 0.1) is 6.92 Å². The van der Waals surface area contributed by atoms with Crippen LogP contribution in [-0.2, 0) is 16.1 Å². The van der Waals surface area contributed by atoms with E-state index in [-0.39, 0.29) is 11.8 Å². The van der Waals surface area contributed by atoms with Crippen LogP contribution < -0.4 is 0 Å². The van der Waals surface area contributed by atoms with Crippen LogP contribution in [0.1, 0.15) is 24.0 Å². The number of amides is 2. The first-order valence-corrected chi connectivity index (χ1v) is 5.05. The van der Waals surface area contributed by atoms with Gasteiger partial charge in [0.05, 0.1) is 6.54 Å². The third-order valence-electron chi connectivity index (χ3n) is 2.58. The van der Waals surface area contributed by atoms with Crippen molar-refractivity contribution in [1.82, 2.24) is 4.90 Å². The Morgan fingerprint density at radius 3 is 2.47 bits per heavy atom. The lowest BCUT2D eigenvalue weighted by molar-refractivity contribution is -0.139. The molecule has 1 aromatic rings. The number of carbonyl (C=O) groups excluding carboxylic acids is 2. The Balaban J connectivity index is 2.15. The molecule has 0 N–H and O–H groups in total. The summed E-state index contributed by atoms with van der Waals surface area (Å²) in [5.74, 6) is -0.108. The standard InChI is InChI=1S/C12H13NO2/c1-9-3-2-4-10(7-9)8-13-11(14)5-6-12(13)15/h2-4,7H,5-6,8H2,1H3. The van der Waals surface area contributed by atoms with E-state index in [0.29, 0.717) is 19.4 Å². The van der Waals surface area contributed by atoms with E-state index in [2.05, 4.69) is 0 Å². The molecule has 2 rings (SSSR count). The average molecular weight is 203 g/mol. The summed E-state index contributed by atoms with van der Waals surface area (Å²) in [5, 5.41) is 0. The van der Waals surface area contributed by atoms with Crippen LogP contribution in [0.2, 0.25) is 0 Å². The van der Waals surface area contributed by atoms with Crippen LogP contribution in [-0.4, -0.2) is 16.7 Å². The fraction of sp³-hybridized carbons (Fsp3) is 0.333. The van der Waals surface area contributed by atoms with Crippen LogP contribution in [0.25, 0.3) is 0 Å². The quantitative estimate of drug-likeness (QED) is 0.685. The van der Waals surface area contributed by atoms with E-state index >= 15 is 0 Å². The maximum atomic E-state index is 11.4. The molecule has 0 bridgehead atoms. The minimum absolute atomic E-state index is 0.0542. The zero-order valence-corrected chi connectivity index (χ0v) is 8.69. The van der Waals surface area contributed by atoms with Crippen molar-refractivity contribution in [1.29, 1.82) is 0 Å². The fourth-order valence-corrected chi connectivity index (χ4v) is 1.79. The van der Waals surface area contributed by atoms with Gasteiger partial charge in [-0.25, -0.2) is 0 Å². The highest BCUT2D eigenvalue weighted by atomic mass is 16.2. The van der Waals surface area contributed by atoms with Crippen molar-refractivity contribution in [3.63, 3.8) is 0 Å². The Hall–Kier alpha value is -1.64. The lowest BCUT2D eigenvalue weighted by atomic mass is 10.1. The van der Waals surface area contributed by atoms with Gasteiger partial charge in [-0.2, -0.15) is 0 Å². The second-order valence-electron chi connectivity index (χ2n) is 3.86. The Labute approximate surface area is 88.7 Å². The summed E-state index contributed by atoms with van der Waals surface area (Å²) in [6.45, 7) is 2.41. The van der Waals surface area contributed by atoms with Gasteiger partial charge in [0.15, 0.2) is 0 Å². The van der Waals surface area contributed by atoms with Crippen molar-refractivity contribution >= 4 is 11.8 Å². The molecule has 3 nitrogen and oxygen atoms in total. The fourth-order valence-electron chi connectivity index (χ4n) is 1.79. The highest BCUT2D eigenvalue weighted by Gasteiger charge is 2.28. The molecule has 1 heterocycles. The minimum atomic E-state index is -0.0542. The van der Waals surface area contributed by atoms with Gasteiger partial charge >= 0.3 is 0 Å². The zero-order chi connectivity index (χ0) is 10.8. The van der Waals surface area contributed by atoms with Crippen molar-refractivity contribution in [2.24, 2.45) is 0 Å². The maximum absolute atomic E-state index is 11.4. The van der Waals surface area contributed by atoms with E-state index in [1.54, 1.807) is 0 Å². The van der Waals surface area contributed by atoms with Crippen molar-refractivity contribution in [2.75, 3.05) is 0 Å². The molecular formula is C12H13NO2. The average Bonchev–Trinajstić information content (AvgIpc) is 2.50. The summed E-state index contributed by atoms with van der Waals surface area (Å²) in [6.07, 6.45) is 0.731. The normalized spacial score (nSPS) is 16.2. The SMILES string of the molecule is Cc1cccc(CN2C(=O)CCC2=O)c1. The number of nitrogens with zero attached hydrogens (tertiary/aromatic N) is 1. The van der Waals surface area contributed by atoms with Crippen molar-refractivity contribution in [3.05, 3.63) is 35.4 Å². The monoisotopic (exact) mass is 203 g/mol. The van der Waals surface area contributed by atoms with E-state index in [1.165, 1.54) is 4.90 Å². The molecule has 0 atom stereocenters. The molecule has 1 aliphatic heterocycles. The lowest BCUT2D eigenvalue weighted by Gasteiger charge is -2.13. The van der Waals surface area contributed by atoms with Crippen LogP contribution >= 0.6 is 0 Å². The molecule has 0 aliphatic carbocycles. The lowest BCUT2D eigenvalue weighted by Crippen LogP contribution is -2.28. The number of carbonyl (C=O) groups is 2. The second kappa shape index (κ2) is 3.85. The highest BCUT2D eigenvalue weighted by molar-refractivity contribution is 6.01. The molecule has 1 fully saturated rings. The third-order valence-corrected chi connectivity index (χ3v) is 2.58. The molecule has 1 saturated heterocycles. The Kier molecular flexibility index (Phi) is 2.54. The Morgan fingerprint density at radius 1 is 1.20 bits per heavy atom. The largest absolute Gasteiger partial charge is 0.278 e. The summed E-state index contributed by atoms with van der Waals surface area (Å²) in [4.78, 5) is 24.1. The number of hydrogen-bond acceptors (Lipinski definition) is 2. The number of aryl methyl sites for hydroxylation is 1. The molecule has 3 heteroatoms. The molecule has 0 radical (unpaired) electrons. The molecule has 78 valence electrons. The molecule has 1 aliphatic rings. The van der Waals surface area contributed by atoms with Gasteiger partial charge in [-0.05, 0) is 12.5 Å².